The van der Waals surface area contributed by atoms with Gasteiger partial charge < -0.3 is 10.3 Å². The molecule has 0 aliphatic rings. The molecular weight excluding hydrogens is 226 g/mol. The number of aromatic nitrogens is 1. The molecule has 4 nitrogen and oxygen atoms in total. The van der Waals surface area contributed by atoms with Crippen molar-refractivity contribution < 1.29 is 4.52 Å². The van der Waals surface area contributed by atoms with E-state index in [1.165, 1.54) is 6.20 Å². The fraction of sp³-hybridized carbons (Fsp3) is 0.429. The van der Waals surface area contributed by atoms with E-state index in [1.807, 2.05) is 0 Å². The molecule has 2 N–H and O–H groups in total. The van der Waals surface area contributed by atoms with Gasteiger partial charge >= 0.3 is 0 Å². The number of nitrogen functional groups attached to an aromatic ring is 1. The lowest BCUT2D eigenvalue weighted by Crippen LogP contribution is -2.25. The van der Waals surface area contributed by atoms with Crippen LogP contribution >= 0.6 is 0 Å². The van der Waals surface area contributed by atoms with Crippen LogP contribution in [0.15, 0.2) is 28.9 Å². The average Bonchev–Trinajstić information content (AvgIpc) is 2.66. The van der Waals surface area contributed by atoms with E-state index >= 15 is 0 Å². The Morgan fingerprint density at radius 2 is 2.17 bits per heavy atom. The molecule has 0 bridgehead atoms. The van der Waals surface area contributed by atoms with Crippen molar-refractivity contribution in [3.8, 4) is 0 Å². The van der Waals surface area contributed by atoms with Crippen LogP contribution < -0.4 is 5.73 Å². The van der Waals surface area contributed by atoms with Gasteiger partial charge in [0.2, 0.25) is 0 Å². The highest BCUT2D eigenvalue weighted by Gasteiger charge is 2.30. The molecule has 0 unspecified atom stereocenters. The van der Waals surface area contributed by atoms with Crippen LogP contribution in [0, 0.1) is 5.41 Å². The summed E-state index contributed by atoms with van der Waals surface area (Å²) in [5.74, 6) is 0.921. The lowest BCUT2D eigenvalue weighted by Gasteiger charge is -2.24. The second-order valence-electron chi connectivity index (χ2n) is 4.81. The summed E-state index contributed by atoms with van der Waals surface area (Å²) in [5.41, 5.74) is 7.11. The number of hydrogen-bond donors (Lipinski definition) is 1. The number of anilines is 1. The van der Waals surface area contributed by atoms with Gasteiger partial charge in [0.1, 0.15) is 0 Å². The fourth-order valence-electron chi connectivity index (χ4n) is 2.05. The highest BCUT2D eigenvalue weighted by molar-refractivity contribution is 6.05. The Morgan fingerprint density at radius 3 is 2.67 bits per heavy atom. The van der Waals surface area contributed by atoms with Crippen molar-refractivity contribution in [3.05, 3.63) is 30.7 Å². The van der Waals surface area contributed by atoms with Gasteiger partial charge in [0.25, 0.3) is 0 Å². The lowest BCUT2D eigenvalue weighted by molar-refractivity contribution is 0.397. The number of nitrogens with zero attached hydrogens (tertiary/aromatic N) is 2. The first kappa shape index (κ1) is 14.2. The maximum atomic E-state index is 5.75. The van der Waals surface area contributed by atoms with E-state index in [0.717, 1.165) is 18.6 Å². The van der Waals surface area contributed by atoms with E-state index < -0.39 is 0 Å². The number of rotatable bonds is 6. The third-order valence-electron chi connectivity index (χ3n) is 2.91. The maximum Gasteiger partial charge on any atom is 0.191 e. The van der Waals surface area contributed by atoms with Crippen LogP contribution in [0.1, 0.15) is 44.9 Å². The van der Waals surface area contributed by atoms with Gasteiger partial charge in [-0.3, -0.25) is 4.99 Å². The molecule has 0 amide bonds. The molecule has 4 heteroatoms. The van der Waals surface area contributed by atoms with Gasteiger partial charge in [-0.05, 0) is 6.42 Å². The molecule has 0 spiro atoms. The van der Waals surface area contributed by atoms with E-state index in [-0.39, 0.29) is 5.41 Å². The minimum atomic E-state index is -0.132. The standard InChI is InChI=1S/C14H21N3O/c1-6-9-14(4,5)12(16-8-3)11-10(7-2)13(15)17-18-11/h7-8H,2-3,6,9H2,1,4-5H3,(H2,15,17). The van der Waals surface area contributed by atoms with Crippen LogP contribution in [-0.2, 0) is 0 Å². The predicted octanol–water partition coefficient (Wildman–Crippen LogP) is 3.66. The van der Waals surface area contributed by atoms with Crippen LogP contribution in [0.25, 0.3) is 6.08 Å². The molecule has 0 saturated carbocycles. The van der Waals surface area contributed by atoms with Crippen molar-refractivity contribution in [1.29, 1.82) is 0 Å². The number of nitrogens with two attached hydrogens (primary N) is 1. The maximum absolute atomic E-state index is 5.75. The van der Waals surface area contributed by atoms with E-state index in [2.05, 4.69) is 44.1 Å². The lowest BCUT2D eigenvalue weighted by atomic mass is 9.81. The zero-order chi connectivity index (χ0) is 13.8. The van der Waals surface area contributed by atoms with Crippen LogP contribution in [-0.4, -0.2) is 10.9 Å². The summed E-state index contributed by atoms with van der Waals surface area (Å²) in [6, 6.07) is 0. The number of aliphatic imine (C=N–C) groups is 1. The fourth-order valence-corrected chi connectivity index (χ4v) is 2.05. The Labute approximate surface area is 108 Å². The first-order valence-corrected chi connectivity index (χ1v) is 6.05. The summed E-state index contributed by atoms with van der Waals surface area (Å²) in [4.78, 5) is 4.35. The molecule has 0 fully saturated rings. The Bertz CT molecular complexity index is 469. The predicted molar refractivity (Wildman–Crippen MR) is 76.4 cm³/mol. The van der Waals surface area contributed by atoms with Gasteiger partial charge in [-0.15, -0.1) is 0 Å². The molecule has 0 aliphatic carbocycles. The minimum absolute atomic E-state index is 0.132. The summed E-state index contributed by atoms with van der Waals surface area (Å²) in [7, 11) is 0. The highest BCUT2D eigenvalue weighted by Crippen LogP contribution is 2.31. The van der Waals surface area contributed by atoms with Gasteiger partial charge in [-0.2, -0.15) is 0 Å². The normalized spacial score (nSPS) is 12.5. The van der Waals surface area contributed by atoms with E-state index in [4.69, 9.17) is 10.3 Å². The molecule has 0 aliphatic heterocycles. The van der Waals surface area contributed by atoms with Gasteiger partial charge in [0.15, 0.2) is 11.6 Å². The quantitative estimate of drug-likeness (QED) is 0.780. The third kappa shape index (κ3) is 2.70. The van der Waals surface area contributed by atoms with Crippen molar-refractivity contribution in [1.82, 2.24) is 5.16 Å². The third-order valence-corrected chi connectivity index (χ3v) is 2.91. The van der Waals surface area contributed by atoms with E-state index in [9.17, 15) is 0 Å². The topological polar surface area (TPSA) is 64.4 Å². The molecule has 1 heterocycles. The van der Waals surface area contributed by atoms with Crippen LogP contribution in [0.2, 0.25) is 0 Å². The largest absolute Gasteiger partial charge is 0.380 e. The Balaban J connectivity index is 3.33. The molecule has 0 saturated heterocycles. The summed E-state index contributed by atoms with van der Waals surface area (Å²) in [5, 5.41) is 3.78. The molecule has 98 valence electrons. The van der Waals surface area contributed by atoms with Crippen LogP contribution in [0.3, 0.4) is 0 Å². The summed E-state index contributed by atoms with van der Waals surface area (Å²) in [6.07, 6.45) is 5.19. The molecule has 1 rings (SSSR count). The SMILES string of the molecule is C=CN=C(c1onc(N)c1C=C)C(C)(C)CCC. The van der Waals surface area contributed by atoms with Crippen LogP contribution in [0.5, 0.6) is 0 Å². The first-order valence-electron chi connectivity index (χ1n) is 6.05. The Kier molecular flexibility index (Phi) is 4.48. The molecule has 0 radical (unpaired) electrons. The van der Waals surface area contributed by atoms with E-state index in [1.54, 1.807) is 6.08 Å². The molecule has 1 aromatic rings. The molecule has 1 aromatic heterocycles. The van der Waals surface area contributed by atoms with Gasteiger partial charge in [-0.1, -0.05) is 51.6 Å². The second kappa shape index (κ2) is 5.67. The zero-order valence-corrected chi connectivity index (χ0v) is 11.4. The van der Waals surface area contributed by atoms with Crippen molar-refractivity contribution in [3.63, 3.8) is 0 Å². The summed E-state index contributed by atoms with van der Waals surface area (Å²) in [6.45, 7) is 13.8. The van der Waals surface area contributed by atoms with Crippen LogP contribution in [0.4, 0.5) is 5.82 Å². The van der Waals surface area contributed by atoms with Gasteiger partial charge in [-0.25, -0.2) is 0 Å². The zero-order valence-electron chi connectivity index (χ0n) is 11.4. The van der Waals surface area contributed by atoms with Crippen molar-refractivity contribution in [2.24, 2.45) is 10.4 Å². The summed E-state index contributed by atoms with van der Waals surface area (Å²) < 4.78 is 5.31. The second-order valence-corrected chi connectivity index (χ2v) is 4.81. The molecule has 18 heavy (non-hydrogen) atoms. The molecule has 0 aromatic carbocycles. The minimum Gasteiger partial charge on any atom is -0.380 e. The van der Waals surface area contributed by atoms with Crippen molar-refractivity contribution in [2.45, 2.75) is 33.6 Å². The van der Waals surface area contributed by atoms with Crippen molar-refractivity contribution >= 4 is 17.6 Å². The number of hydrogen-bond acceptors (Lipinski definition) is 4. The van der Waals surface area contributed by atoms with Gasteiger partial charge in [0, 0.05) is 11.6 Å². The monoisotopic (exact) mass is 247 g/mol. The Hall–Kier alpha value is -1.84. The van der Waals surface area contributed by atoms with Crippen molar-refractivity contribution in [2.75, 3.05) is 5.73 Å². The van der Waals surface area contributed by atoms with E-state index in [0.29, 0.717) is 17.1 Å². The molecule has 0 atom stereocenters. The van der Waals surface area contributed by atoms with Gasteiger partial charge in [0.05, 0.1) is 11.3 Å². The summed E-state index contributed by atoms with van der Waals surface area (Å²) >= 11 is 0. The smallest absolute Gasteiger partial charge is 0.191 e. The first-order chi connectivity index (χ1) is 8.47. The Morgan fingerprint density at radius 1 is 1.50 bits per heavy atom. The average molecular weight is 247 g/mol. The highest BCUT2D eigenvalue weighted by atomic mass is 16.5. The molecular formula is C14H21N3O.